The zero-order valence-corrected chi connectivity index (χ0v) is 8.94. The standard InChI is InChI=1S/C8H9N3O4S/c1-2-3-11(6-8(12)13)16(14,15)7-4-9-10-5-7/h1,4-5H,3,6H2,(H,9,10)(H,12,13). The Balaban J connectivity index is 3.03. The van der Waals surface area contributed by atoms with Crippen molar-refractivity contribution in [3.05, 3.63) is 12.4 Å². The van der Waals surface area contributed by atoms with Crippen LogP contribution < -0.4 is 0 Å². The molecule has 0 bridgehead atoms. The van der Waals surface area contributed by atoms with E-state index in [1.165, 1.54) is 0 Å². The van der Waals surface area contributed by atoms with E-state index in [-0.39, 0.29) is 11.4 Å². The molecule has 0 aromatic carbocycles. The highest BCUT2D eigenvalue weighted by molar-refractivity contribution is 7.89. The molecule has 0 amide bonds. The third-order valence-electron chi connectivity index (χ3n) is 1.69. The number of nitrogens with one attached hydrogen (secondary N) is 1. The number of rotatable bonds is 5. The summed E-state index contributed by atoms with van der Waals surface area (Å²) in [6, 6.07) is 0. The van der Waals surface area contributed by atoms with Gasteiger partial charge in [-0.1, -0.05) is 5.92 Å². The number of terminal acetylenes is 1. The molecule has 2 N–H and O–H groups in total. The van der Waals surface area contributed by atoms with Crippen molar-refractivity contribution in [1.29, 1.82) is 0 Å². The lowest BCUT2D eigenvalue weighted by atomic mass is 10.6. The molecule has 8 heteroatoms. The monoisotopic (exact) mass is 243 g/mol. The summed E-state index contributed by atoms with van der Waals surface area (Å²) in [5.41, 5.74) is 0. The van der Waals surface area contributed by atoms with E-state index < -0.39 is 22.5 Å². The van der Waals surface area contributed by atoms with Crippen molar-refractivity contribution in [3.8, 4) is 12.3 Å². The summed E-state index contributed by atoms with van der Waals surface area (Å²) in [4.78, 5) is 10.4. The van der Waals surface area contributed by atoms with Crippen LogP contribution in [0.15, 0.2) is 17.3 Å². The molecule has 0 spiro atoms. The number of sulfonamides is 1. The third-order valence-corrected chi connectivity index (χ3v) is 3.45. The van der Waals surface area contributed by atoms with Gasteiger partial charge in [0.15, 0.2) is 0 Å². The molecule has 0 atom stereocenters. The number of aliphatic carboxylic acids is 1. The molecule has 0 fully saturated rings. The highest BCUT2D eigenvalue weighted by Gasteiger charge is 2.26. The van der Waals surface area contributed by atoms with Crippen LogP contribution in [0.25, 0.3) is 0 Å². The predicted octanol–water partition coefficient (Wildman–Crippen LogP) is -0.882. The number of nitrogens with zero attached hydrogens (tertiary/aromatic N) is 2. The minimum atomic E-state index is -3.90. The summed E-state index contributed by atoms with van der Waals surface area (Å²) in [5, 5.41) is 14.4. The molecule has 0 aliphatic rings. The van der Waals surface area contributed by atoms with Crippen molar-refractivity contribution in [2.75, 3.05) is 13.1 Å². The van der Waals surface area contributed by atoms with E-state index >= 15 is 0 Å². The molecule has 16 heavy (non-hydrogen) atoms. The Hall–Kier alpha value is -1.85. The van der Waals surface area contributed by atoms with Gasteiger partial charge in [-0.3, -0.25) is 9.89 Å². The van der Waals surface area contributed by atoms with Gasteiger partial charge in [0.25, 0.3) is 0 Å². The molecular weight excluding hydrogens is 234 g/mol. The molecule has 1 heterocycles. The molecule has 0 aliphatic carbocycles. The normalized spacial score (nSPS) is 11.2. The van der Waals surface area contributed by atoms with E-state index in [2.05, 4.69) is 16.1 Å². The SMILES string of the molecule is C#CCN(CC(=O)O)S(=O)(=O)c1cn[nH]c1. The largest absolute Gasteiger partial charge is 0.480 e. The lowest BCUT2D eigenvalue weighted by Crippen LogP contribution is -2.35. The number of H-pyrrole nitrogens is 1. The van der Waals surface area contributed by atoms with Crippen LogP contribution in [0.5, 0.6) is 0 Å². The van der Waals surface area contributed by atoms with Crippen LogP contribution >= 0.6 is 0 Å². The minimum Gasteiger partial charge on any atom is -0.480 e. The maximum Gasteiger partial charge on any atom is 0.318 e. The first-order chi connectivity index (χ1) is 7.48. The number of hydrogen-bond acceptors (Lipinski definition) is 4. The second-order valence-electron chi connectivity index (χ2n) is 2.80. The van der Waals surface area contributed by atoms with Gasteiger partial charge in [0.05, 0.1) is 12.7 Å². The predicted molar refractivity (Wildman–Crippen MR) is 53.8 cm³/mol. The van der Waals surface area contributed by atoms with Gasteiger partial charge >= 0.3 is 5.97 Å². The number of carboxylic acid groups (broad SMARTS) is 1. The summed E-state index contributed by atoms with van der Waals surface area (Å²) in [6.45, 7) is -0.989. The second-order valence-corrected chi connectivity index (χ2v) is 4.74. The molecule has 86 valence electrons. The first-order valence-corrected chi connectivity index (χ1v) is 5.56. The van der Waals surface area contributed by atoms with Gasteiger partial charge in [-0.15, -0.1) is 6.42 Å². The second kappa shape index (κ2) is 4.78. The average Bonchev–Trinajstić information content (AvgIpc) is 2.69. The van der Waals surface area contributed by atoms with Crippen LogP contribution in [0.2, 0.25) is 0 Å². The van der Waals surface area contributed by atoms with Gasteiger partial charge in [0, 0.05) is 6.20 Å². The van der Waals surface area contributed by atoms with E-state index in [9.17, 15) is 13.2 Å². The smallest absolute Gasteiger partial charge is 0.318 e. The van der Waals surface area contributed by atoms with Crippen LogP contribution in [0.1, 0.15) is 0 Å². The molecule has 0 saturated heterocycles. The van der Waals surface area contributed by atoms with Crippen LogP contribution in [-0.4, -0.2) is 47.1 Å². The fourth-order valence-electron chi connectivity index (χ4n) is 1.01. The van der Waals surface area contributed by atoms with Gasteiger partial charge in [-0.2, -0.15) is 9.40 Å². The Labute approximate surface area is 92.1 Å². The molecule has 0 saturated carbocycles. The zero-order valence-electron chi connectivity index (χ0n) is 8.12. The zero-order chi connectivity index (χ0) is 12.2. The van der Waals surface area contributed by atoms with Crippen LogP contribution in [0, 0.1) is 12.3 Å². The van der Waals surface area contributed by atoms with Gasteiger partial charge in [0.2, 0.25) is 10.0 Å². The quantitative estimate of drug-likeness (QED) is 0.653. The van der Waals surface area contributed by atoms with E-state index in [4.69, 9.17) is 11.5 Å². The average molecular weight is 243 g/mol. The van der Waals surface area contributed by atoms with Crippen molar-refractivity contribution < 1.29 is 18.3 Å². The number of aromatic nitrogens is 2. The highest BCUT2D eigenvalue weighted by Crippen LogP contribution is 2.12. The first kappa shape index (κ1) is 12.2. The fourth-order valence-corrected chi connectivity index (χ4v) is 2.22. The molecule has 0 unspecified atom stereocenters. The Kier molecular flexibility index (Phi) is 3.65. The molecule has 0 aliphatic heterocycles. The van der Waals surface area contributed by atoms with Gasteiger partial charge in [-0.25, -0.2) is 8.42 Å². The van der Waals surface area contributed by atoms with Crippen LogP contribution in [0.3, 0.4) is 0 Å². The fraction of sp³-hybridized carbons (Fsp3) is 0.250. The maximum absolute atomic E-state index is 11.8. The topological polar surface area (TPSA) is 103 Å². The number of hydrogen-bond donors (Lipinski definition) is 2. The number of aromatic amines is 1. The van der Waals surface area contributed by atoms with Crippen molar-refractivity contribution in [2.45, 2.75) is 4.90 Å². The van der Waals surface area contributed by atoms with Crippen molar-refractivity contribution in [2.24, 2.45) is 0 Å². The third kappa shape index (κ3) is 2.59. The number of carboxylic acids is 1. The van der Waals surface area contributed by atoms with Crippen molar-refractivity contribution >= 4 is 16.0 Å². The Morgan fingerprint density at radius 1 is 1.69 bits per heavy atom. The molecule has 7 nitrogen and oxygen atoms in total. The molecule has 1 aromatic rings. The van der Waals surface area contributed by atoms with Crippen molar-refractivity contribution in [3.63, 3.8) is 0 Å². The molecular formula is C8H9N3O4S. The van der Waals surface area contributed by atoms with Crippen LogP contribution in [-0.2, 0) is 14.8 Å². The summed E-state index contributed by atoms with van der Waals surface area (Å²) in [6.07, 6.45) is 7.22. The summed E-state index contributed by atoms with van der Waals surface area (Å²) < 4.78 is 24.3. The van der Waals surface area contributed by atoms with Crippen LogP contribution in [0.4, 0.5) is 0 Å². The maximum atomic E-state index is 11.8. The van der Waals surface area contributed by atoms with E-state index in [0.29, 0.717) is 4.31 Å². The summed E-state index contributed by atoms with van der Waals surface area (Å²) in [7, 11) is -3.90. The first-order valence-electron chi connectivity index (χ1n) is 4.12. The van der Waals surface area contributed by atoms with E-state index in [0.717, 1.165) is 12.4 Å². The van der Waals surface area contributed by atoms with E-state index in [1.54, 1.807) is 0 Å². The molecule has 0 radical (unpaired) electrons. The lowest BCUT2D eigenvalue weighted by molar-refractivity contribution is -0.137. The van der Waals surface area contributed by atoms with Gasteiger partial charge in [-0.05, 0) is 0 Å². The van der Waals surface area contributed by atoms with Crippen molar-refractivity contribution in [1.82, 2.24) is 14.5 Å². The Bertz CT molecular complexity index is 500. The minimum absolute atomic E-state index is 0.121. The Morgan fingerprint density at radius 2 is 2.38 bits per heavy atom. The van der Waals surface area contributed by atoms with E-state index in [1.807, 2.05) is 0 Å². The highest BCUT2D eigenvalue weighted by atomic mass is 32.2. The van der Waals surface area contributed by atoms with Gasteiger partial charge < -0.3 is 5.11 Å². The summed E-state index contributed by atoms with van der Waals surface area (Å²) >= 11 is 0. The number of carbonyl (C=O) groups is 1. The summed E-state index contributed by atoms with van der Waals surface area (Å²) in [5.74, 6) is 0.818. The Morgan fingerprint density at radius 3 is 2.81 bits per heavy atom. The van der Waals surface area contributed by atoms with Gasteiger partial charge in [0.1, 0.15) is 11.4 Å². The lowest BCUT2D eigenvalue weighted by Gasteiger charge is -2.16. The molecule has 1 rings (SSSR count). The molecule has 1 aromatic heterocycles.